The molecule has 17 heavy (non-hydrogen) atoms. The normalized spacial score (nSPS) is 13.3. The molecule has 0 saturated heterocycles. The summed E-state index contributed by atoms with van der Waals surface area (Å²) in [6, 6.07) is 4.55. The minimum Gasteiger partial charge on any atom is -0.259 e. The molecule has 2 aromatic heterocycles. The van der Waals surface area contributed by atoms with Crippen molar-refractivity contribution in [2.45, 2.75) is 52.4 Å². The summed E-state index contributed by atoms with van der Waals surface area (Å²) in [5, 5.41) is 1.33. The van der Waals surface area contributed by atoms with E-state index >= 15 is 0 Å². The molecule has 92 valence electrons. The van der Waals surface area contributed by atoms with Crippen LogP contribution in [-0.2, 0) is 10.8 Å². The van der Waals surface area contributed by atoms with E-state index in [1.54, 1.807) is 0 Å². The predicted octanol–water partition coefficient (Wildman–Crippen LogP) is 4.89. The second-order valence-electron chi connectivity index (χ2n) is 6.72. The summed E-state index contributed by atoms with van der Waals surface area (Å²) >= 11 is 1.86. The van der Waals surface area contributed by atoms with Gasteiger partial charge < -0.3 is 0 Å². The third kappa shape index (κ3) is 2.52. The van der Waals surface area contributed by atoms with Crippen molar-refractivity contribution in [3.05, 3.63) is 28.9 Å². The molecule has 0 atom stereocenters. The van der Waals surface area contributed by atoms with E-state index in [0.29, 0.717) is 0 Å². The van der Waals surface area contributed by atoms with Crippen LogP contribution >= 0.6 is 11.3 Å². The molecule has 0 aliphatic carbocycles. The Kier molecular flexibility index (Phi) is 2.81. The number of hydrogen-bond acceptors (Lipinski definition) is 2. The summed E-state index contributed by atoms with van der Waals surface area (Å²) < 4.78 is 1.29. The van der Waals surface area contributed by atoms with Gasteiger partial charge in [-0.15, -0.1) is 11.3 Å². The largest absolute Gasteiger partial charge is 0.259 e. The molecular weight excluding hydrogens is 226 g/mol. The second-order valence-corrected chi connectivity index (χ2v) is 7.80. The van der Waals surface area contributed by atoms with Crippen LogP contribution in [0, 0.1) is 0 Å². The number of rotatable bonds is 0. The van der Waals surface area contributed by atoms with Crippen LogP contribution in [0.25, 0.3) is 10.1 Å². The van der Waals surface area contributed by atoms with Gasteiger partial charge >= 0.3 is 0 Å². The highest BCUT2D eigenvalue weighted by Crippen LogP contribution is 2.35. The van der Waals surface area contributed by atoms with Crippen molar-refractivity contribution < 1.29 is 0 Å². The van der Waals surface area contributed by atoms with Crippen molar-refractivity contribution in [3.8, 4) is 0 Å². The molecule has 2 heteroatoms. The van der Waals surface area contributed by atoms with Gasteiger partial charge in [-0.3, -0.25) is 4.98 Å². The zero-order valence-corrected chi connectivity index (χ0v) is 12.4. The van der Waals surface area contributed by atoms with Crippen LogP contribution < -0.4 is 0 Å². The zero-order chi connectivity index (χ0) is 12.8. The van der Waals surface area contributed by atoms with Gasteiger partial charge in [0.25, 0.3) is 0 Å². The first-order chi connectivity index (χ1) is 7.68. The topological polar surface area (TPSA) is 12.9 Å². The Labute approximate surface area is 108 Å². The second kappa shape index (κ2) is 3.81. The molecule has 0 spiro atoms. The highest BCUT2D eigenvalue weighted by molar-refractivity contribution is 7.19. The minimum atomic E-state index is 0.123. The van der Waals surface area contributed by atoms with E-state index in [0.717, 1.165) is 0 Å². The van der Waals surface area contributed by atoms with Crippen LogP contribution in [0.15, 0.2) is 18.3 Å². The molecule has 0 saturated carbocycles. The van der Waals surface area contributed by atoms with Crippen LogP contribution in [-0.4, -0.2) is 4.98 Å². The van der Waals surface area contributed by atoms with Crippen molar-refractivity contribution in [3.63, 3.8) is 0 Å². The Balaban J connectivity index is 2.56. The fraction of sp³-hybridized carbons (Fsp3) is 0.533. The molecule has 0 aromatic carbocycles. The fourth-order valence-corrected chi connectivity index (χ4v) is 2.80. The number of nitrogens with zero attached hydrogens (tertiary/aromatic N) is 1. The summed E-state index contributed by atoms with van der Waals surface area (Å²) in [7, 11) is 0. The Morgan fingerprint density at radius 3 is 2.12 bits per heavy atom. The molecule has 2 heterocycles. The number of hydrogen-bond donors (Lipinski definition) is 0. The van der Waals surface area contributed by atoms with Crippen LogP contribution in [0.3, 0.4) is 0 Å². The monoisotopic (exact) mass is 247 g/mol. The maximum absolute atomic E-state index is 4.58. The lowest BCUT2D eigenvalue weighted by atomic mass is 9.90. The van der Waals surface area contributed by atoms with Gasteiger partial charge in [0.2, 0.25) is 0 Å². The van der Waals surface area contributed by atoms with Crippen molar-refractivity contribution in [1.82, 2.24) is 4.98 Å². The fourth-order valence-electron chi connectivity index (χ4n) is 1.73. The zero-order valence-electron chi connectivity index (χ0n) is 11.6. The molecule has 0 unspecified atom stereocenters. The summed E-state index contributed by atoms with van der Waals surface area (Å²) in [4.78, 5) is 6.01. The van der Waals surface area contributed by atoms with Gasteiger partial charge in [0.15, 0.2) is 0 Å². The smallest absolute Gasteiger partial charge is 0.0529 e. The van der Waals surface area contributed by atoms with Crippen molar-refractivity contribution >= 4 is 21.4 Å². The molecule has 0 aliphatic rings. The average Bonchev–Trinajstić information content (AvgIpc) is 2.57. The molecule has 0 fully saturated rings. The minimum absolute atomic E-state index is 0.123. The molecule has 1 nitrogen and oxygen atoms in total. The van der Waals surface area contributed by atoms with E-state index in [-0.39, 0.29) is 10.8 Å². The van der Waals surface area contributed by atoms with Gasteiger partial charge in [-0.1, -0.05) is 41.5 Å². The lowest BCUT2D eigenvalue weighted by Gasteiger charge is -2.17. The third-order valence-corrected chi connectivity index (χ3v) is 4.42. The highest BCUT2D eigenvalue weighted by atomic mass is 32.1. The first kappa shape index (κ1) is 12.6. The first-order valence-corrected chi connectivity index (χ1v) is 6.90. The van der Waals surface area contributed by atoms with E-state index in [2.05, 4.69) is 58.7 Å². The SMILES string of the molecule is CC(C)(C)c1cc2cc(C(C)(C)C)sc2cn1. The number of fused-ring (bicyclic) bond motifs is 1. The molecule has 2 rings (SSSR count). The molecule has 0 aliphatic heterocycles. The summed E-state index contributed by atoms with van der Waals surface area (Å²) in [6.45, 7) is 13.4. The van der Waals surface area contributed by atoms with Crippen molar-refractivity contribution in [1.29, 1.82) is 0 Å². The maximum Gasteiger partial charge on any atom is 0.0529 e. The van der Waals surface area contributed by atoms with Gasteiger partial charge in [0.05, 0.1) is 4.70 Å². The van der Waals surface area contributed by atoms with Crippen LogP contribution in [0.2, 0.25) is 0 Å². The third-order valence-electron chi connectivity index (χ3n) is 2.91. The summed E-state index contributed by atoms with van der Waals surface area (Å²) in [5.41, 5.74) is 1.52. The Hall–Kier alpha value is -0.890. The lowest BCUT2D eigenvalue weighted by molar-refractivity contribution is 0.570. The van der Waals surface area contributed by atoms with Gasteiger partial charge in [0.1, 0.15) is 0 Å². The van der Waals surface area contributed by atoms with Gasteiger partial charge in [-0.25, -0.2) is 0 Å². The molecule has 0 bridgehead atoms. The van der Waals surface area contributed by atoms with Crippen molar-refractivity contribution in [2.24, 2.45) is 0 Å². The summed E-state index contributed by atoms with van der Waals surface area (Å²) in [5.74, 6) is 0. The van der Waals surface area contributed by atoms with Crippen LogP contribution in [0.5, 0.6) is 0 Å². The molecule has 0 radical (unpaired) electrons. The standard InChI is InChI=1S/C15H21NS/c1-14(2,3)12-7-10-8-13(15(4,5)6)17-11(10)9-16-12/h7-9H,1-6H3. The first-order valence-electron chi connectivity index (χ1n) is 6.08. The van der Waals surface area contributed by atoms with Crippen molar-refractivity contribution in [2.75, 3.05) is 0 Å². The van der Waals surface area contributed by atoms with E-state index < -0.39 is 0 Å². The number of pyridine rings is 1. The number of thiophene rings is 1. The summed E-state index contributed by atoms with van der Waals surface area (Å²) in [6.07, 6.45) is 2.02. The van der Waals surface area contributed by atoms with Crippen LogP contribution in [0.1, 0.15) is 52.1 Å². The van der Waals surface area contributed by atoms with E-state index in [1.807, 2.05) is 17.5 Å². The van der Waals surface area contributed by atoms with Crippen LogP contribution in [0.4, 0.5) is 0 Å². The Morgan fingerprint density at radius 1 is 0.941 bits per heavy atom. The van der Waals surface area contributed by atoms with E-state index in [9.17, 15) is 0 Å². The Morgan fingerprint density at radius 2 is 1.59 bits per heavy atom. The van der Waals surface area contributed by atoms with Gasteiger partial charge in [0, 0.05) is 22.2 Å². The van der Waals surface area contributed by atoms with E-state index in [1.165, 1.54) is 20.7 Å². The van der Waals surface area contributed by atoms with E-state index in [4.69, 9.17) is 0 Å². The van der Waals surface area contributed by atoms with Gasteiger partial charge in [-0.2, -0.15) is 0 Å². The quantitative estimate of drug-likeness (QED) is 0.646. The maximum atomic E-state index is 4.58. The Bertz CT molecular complexity index is 526. The molecule has 0 amide bonds. The highest BCUT2D eigenvalue weighted by Gasteiger charge is 2.19. The molecule has 2 aromatic rings. The predicted molar refractivity (Wildman–Crippen MR) is 77.0 cm³/mol. The lowest BCUT2D eigenvalue weighted by Crippen LogP contribution is -2.12. The van der Waals surface area contributed by atoms with Gasteiger partial charge in [-0.05, 0) is 22.9 Å². The molecule has 0 N–H and O–H groups in total. The average molecular weight is 247 g/mol. The number of aromatic nitrogens is 1. The molecular formula is C15H21NS.